The van der Waals surface area contributed by atoms with Gasteiger partial charge in [0.05, 0.1) is 18.8 Å². The summed E-state index contributed by atoms with van der Waals surface area (Å²) in [5.41, 5.74) is 6.96. The molecule has 1 saturated heterocycles. The second-order valence-electron chi connectivity index (χ2n) is 8.19. The quantitative estimate of drug-likeness (QED) is 0.612. The Balaban J connectivity index is 1.28. The maximum absolute atomic E-state index is 12.6. The van der Waals surface area contributed by atoms with Gasteiger partial charge in [0.2, 0.25) is 17.7 Å². The molecule has 32 heavy (non-hydrogen) atoms. The van der Waals surface area contributed by atoms with Crippen molar-refractivity contribution in [3.63, 3.8) is 0 Å². The average Bonchev–Trinajstić information content (AvgIpc) is 2.83. The molecule has 0 saturated carbocycles. The first-order chi connectivity index (χ1) is 15.6. The van der Waals surface area contributed by atoms with Crippen LogP contribution in [0, 0.1) is 5.92 Å². The molecule has 3 aromatic rings. The predicted molar refractivity (Wildman–Crippen MR) is 123 cm³/mol. The van der Waals surface area contributed by atoms with Gasteiger partial charge in [0.1, 0.15) is 0 Å². The van der Waals surface area contributed by atoms with Gasteiger partial charge in [0.25, 0.3) is 0 Å². The summed E-state index contributed by atoms with van der Waals surface area (Å²) in [6, 6.07) is 23.3. The highest BCUT2D eigenvalue weighted by atomic mass is 16.2. The number of piperidine rings is 1. The maximum atomic E-state index is 12.6. The molecule has 6 heteroatoms. The van der Waals surface area contributed by atoms with Gasteiger partial charge in [0, 0.05) is 13.1 Å². The summed E-state index contributed by atoms with van der Waals surface area (Å²) in [7, 11) is 0. The number of carbonyl (C=O) groups excluding carboxylic acids is 3. The third kappa shape index (κ3) is 5.32. The number of nitrogens with zero attached hydrogens (tertiary/aromatic N) is 1. The summed E-state index contributed by atoms with van der Waals surface area (Å²) in [6.07, 6.45) is 1.97. The number of hydrazine groups is 1. The lowest BCUT2D eigenvalue weighted by Crippen LogP contribution is -2.50. The fourth-order valence-corrected chi connectivity index (χ4v) is 4.20. The minimum absolute atomic E-state index is 0.0219. The molecule has 1 heterocycles. The summed E-state index contributed by atoms with van der Waals surface area (Å²) in [4.78, 5) is 39.4. The van der Waals surface area contributed by atoms with Crippen LogP contribution < -0.4 is 10.9 Å². The lowest BCUT2D eigenvalue weighted by molar-refractivity contribution is -0.137. The van der Waals surface area contributed by atoms with E-state index in [2.05, 4.69) is 10.9 Å². The van der Waals surface area contributed by atoms with Crippen LogP contribution in [-0.2, 0) is 27.2 Å². The van der Waals surface area contributed by atoms with Gasteiger partial charge in [0.15, 0.2) is 0 Å². The molecule has 6 nitrogen and oxygen atoms in total. The zero-order chi connectivity index (χ0) is 22.3. The van der Waals surface area contributed by atoms with Gasteiger partial charge in [-0.3, -0.25) is 25.2 Å². The molecular weight excluding hydrogens is 402 g/mol. The van der Waals surface area contributed by atoms with Crippen molar-refractivity contribution in [1.29, 1.82) is 0 Å². The smallest absolute Gasteiger partial charge is 0.243 e. The largest absolute Gasteiger partial charge is 0.342 e. The van der Waals surface area contributed by atoms with Gasteiger partial charge in [-0.05, 0) is 34.7 Å². The molecule has 0 aliphatic carbocycles. The lowest BCUT2D eigenvalue weighted by Gasteiger charge is -2.32. The number of amides is 3. The van der Waals surface area contributed by atoms with Crippen LogP contribution in [0.15, 0.2) is 72.8 Å². The number of rotatable bonds is 5. The highest BCUT2D eigenvalue weighted by Crippen LogP contribution is 2.19. The standard InChI is InChI=1S/C26H27N3O3/c30-24(17-21-12-6-11-20-10-4-5-14-23(20)21)27-28-26(32)22-13-7-15-29(18-22)25(31)16-19-8-2-1-3-9-19/h1-6,8-12,14,22H,7,13,15-18H2,(H,27,30)(H,28,32). The van der Waals surface area contributed by atoms with Crippen LogP contribution in [0.4, 0.5) is 0 Å². The van der Waals surface area contributed by atoms with Crippen molar-refractivity contribution in [2.24, 2.45) is 5.92 Å². The number of hydrogen-bond donors (Lipinski definition) is 2. The van der Waals surface area contributed by atoms with E-state index in [1.165, 1.54) is 0 Å². The number of hydrogen-bond acceptors (Lipinski definition) is 3. The van der Waals surface area contributed by atoms with Crippen LogP contribution in [0.3, 0.4) is 0 Å². The van der Waals surface area contributed by atoms with E-state index < -0.39 is 0 Å². The summed E-state index contributed by atoms with van der Waals surface area (Å²) in [5.74, 6) is -0.842. The Morgan fingerprint density at radius 2 is 1.59 bits per heavy atom. The van der Waals surface area contributed by atoms with Gasteiger partial charge in [-0.1, -0.05) is 72.8 Å². The maximum Gasteiger partial charge on any atom is 0.243 e. The molecule has 1 aliphatic rings. The lowest BCUT2D eigenvalue weighted by atomic mass is 9.96. The third-order valence-corrected chi connectivity index (χ3v) is 5.90. The summed E-state index contributed by atoms with van der Waals surface area (Å²) < 4.78 is 0. The molecule has 1 fully saturated rings. The molecule has 0 bridgehead atoms. The molecule has 1 aliphatic heterocycles. The molecule has 4 rings (SSSR count). The number of likely N-dealkylation sites (tertiary alicyclic amines) is 1. The number of benzene rings is 3. The summed E-state index contributed by atoms with van der Waals surface area (Å²) in [6.45, 7) is 1.03. The van der Waals surface area contributed by atoms with E-state index in [1.807, 2.05) is 72.8 Å². The van der Waals surface area contributed by atoms with Crippen molar-refractivity contribution < 1.29 is 14.4 Å². The van der Waals surface area contributed by atoms with E-state index >= 15 is 0 Å². The van der Waals surface area contributed by atoms with E-state index in [1.54, 1.807) is 4.90 Å². The van der Waals surface area contributed by atoms with Crippen LogP contribution in [0.2, 0.25) is 0 Å². The zero-order valence-electron chi connectivity index (χ0n) is 17.9. The van der Waals surface area contributed by atoms with E-state index in [0.717, 1.165) is 28.3 Å². The van der Waals surface area contributed by atoms with Crippen molar-refractivity contribution in [2.75, 3.05) is 13.1 Å². The highest BCUT2D eigenvalue weighted by molar-refractivity contribution is 5.91. The van der Waals surface area contributed by atoms with Gasteiger partial charge < -0.3 is 4.90 Å². The van der Waals surface area contributed by atoms with E-state index in [0.29, 0.717) is 25.9 Å². The fourth-order valence-electron chi connectivity index (χ4n) is 4.20. The number of carbonyl (C=O) groups is 3. The van der Waals surface area contributed by atoms with E-state index in [9.17, 15) is 14.4 Å². The first kappa shape index (κ1) is 21.6. The van der Waals surface area contributed by atoms with Gasteiger partial charge in [-0.25, -0.2) is 0 Å². The third-order valence-electron chi connectivity index (χ3n) is 5.90. The van der Waals surface area contributed by atoms with Crippen molar-refractivity contribution in [1.82, 2.24) is 15.8 Å². The SMILES string of the molecule is O=C(Cc1cccc2ccccc12)NNC(=O)C1CCCN(C(=O)Cc2ccccc2)C1. The second kappa shape index (κ2) is 10.1. The molecular formula is C26H27N3O3. The van der Waals surface area contributed by atoms with Crippen molar-refractivity contribution in [3.05, 3.63) is 83.9 Å². The minimum Gasteiger partial charge on any atom is -0.342 e. The first-order valence-corrected chi connectivity index (χ1v) is 11.0. The molecule has 3 aromatic carbocycles. The Bertz CT molecular complexity index is 1110. The topological polar surface area (TPSA) is 78.5 Å². The molecule has 2 N–H and O–H groups in total. The summed E-state index contributed by atoms with van der Waals surface area (Å²) in [5, 5.41) is 2.10. The van der Waals surface area contributed by atoms with Crippen LogP contribution in [0.1, 0.15) is 24.0 Å². The minimum atomic E-state index is -0.332. The van der Waals surface area contributed by atoms with Crippen LogP contribution in [0.5, 0.6) is 0 Å². The molecule has 164 valence electrons. The Labute approximate surface area is 187 Å². The highest BCUT2D eigenvalue weighted by Gasteiger charge is 2.28. The van der Waals surface area contributed by atoms with Gasteiger partial charge >= 0.3 is 0 Å². The Kier molecular flexibility index (Phi) is 6.80. The van der Waals surface area contributed by atoms with Crippen molar-refractivity contribution in [2.45, 2.75) is 25.7 Å². The monoisotopic (exact) mass is 429 g/mol. The van der Waals surface area contributed by atoms with Gasteiger partial charge in [-0.15, -0.1) is 0 Å². The second-order valence-corrected chi connectivity index (χ2v) is 8.19. The number of nitrogens with one attached hydrogen (secondary N) is 2. The molecule has 0 radical (unpaired) electrons. The normalized spacial score (nSPS) is 15.9. The van der Waals surface area contributed by atoms with E-state index in [-0.39, 0.29) is 30.1 Å². The Hall–Kier alpha value is -3.67. The molecule has 1 unspecified atom stereocenters. The van der Waals surface area contributed by atoms with E-state index in [4.69, 9.17) is 0 Å². The average molecular weight is 430 g/mol. The molecule has 1 atom stereocenters. The Morgan fingerprint density at radius 3 is 2.44 bits per heavy atom. The number of fused-ring (bicyclic) bond motifs is 1. The molecule has 0 spiro atoms. The summed E-state index contributed by atoms with van der Waals surface area (Å²) >= 11 is 0. The molecule has 0 aromatic heterocycles. The van der Waals surface area contributed by atoms with Gasteiger partial charge in [-0.2, -0.15) is 0 Å². The van der Waals surface area contributed by atoms with Crippen molar-refractivity contribution in [3.8, 4) is 0 Å². The predicted octanol–water partition coefficient (Wildman–Crippen LogP) is 3.01. The Morgan fingerprint density at radius 1 is 0.844 bits per heavy atom. The molecule has 3 amide bonds. The fraction of sp³-hybridized carbons (Fsp3) is 0.269. The van der Waals surface area contributed by atoms with Crippen LogP contribution in [0.25, 0.3) is 10.8 Å². The van der Waals surface area contributed by atoms with Crippen LogP contribution >= 0.6 is 0 Å². The zero-order valence-corrected chi connectivity index (χ0v) is 17.9. The van der Waals surface area contributed by atoms with Crippen LogP contribution in [-0.4, -0.2) is 35.7 Å². The van der Waals surface area contributed by atoms with Crippen molar-refractivity contribution >= 4 is 28.5 Å². The first-order valence-electron chi connectivity index (χ1n) is 11.0.